The number of carbonyl (C=O) groups excluding carboxylic acids is 1. The number of amides is 1. The number of hydrogen-bond donors (Lipinski definition) is 1. The van der Waals surface area contributed by atoms with Crippen LogP contribution in [0.5, 0.6) is 5.75 Å². The van der Waals surface area contributed by atoms with Gasteiger partial charge in [-0.1, -0.05) is 43.9 Å². The fraction of sp³-hybridized carbons (Fsp3) is 0.444. The van der Waals surface area contributed by atoms with Crippen LogP contribution in [0.3, 0.4) is 0 Å². The first kappa shape index (κ1) is 26.7. The smallest absolute Gasteiger partial charge is 0.253 e. The third-order valence-corrected chi connectivity index (χ3v) is 8.12. The molecule has 1 heterocycles. The Morgan fingerprint density at radius 2 is 1.97 bits per heavy atom. The van der Waals surface area contributed by atoms with Crippen LogP contribution >= 0.6 is 0 Å². The van der Waals surface area contributed by atoms with Crippen molar-refractivity contribution in [2.45, 2.75) is 50.7 Å². The van der Waals surface area contributed by atoms with Crippen LogP contribution in [0.1, 0.15) is 49.5 Å². The van der Waals surface area contributed by atoms with Crippen LogP contribution in [-0.2, 0) is 10.0 Å². The molecule has 0 unspecified atom stereocenters. The van der Waals surface area contributed by atoms with Crippen molar-refractivity contribution >= 4 is 15.9 Å². The van der Waals surface area contributed by atoms with Crippen LogP contribution in [0, 0.1) is 17.8 Å². The van der Waals surface area contributed by atoms with Crippen LogP contribution in [0.4, 0.5) is 0 Å². The van der Waals surface area contributed by atoms with Gasteiger partial charge in [0.15, 0.2) is 0 Å². The zero-order chi connectivity index (χ0) is 25.6. The quantitative estimate of drug-likeness (QED) is 0.617. The zero-order valence-electron chi connectivity index (χ0n) is 20.8. The molecule has 0 aliphatic carbocycles. The maximum Gasteiger partial charge on any atom is 0.253 e. The summed E-state index contributed by atoms with van der Waals surface area (Å²) >= 11 is 0. The Labute approximate surface area is 208 Å². The van der Waals surface area contributed by atoms with Gasteiger partial charge in [0, 0.05) is 43.1 Å². The lowest BCUT2D eigenvalue weighted by atomic mass is 10.0. The number of ether oxygens (including phenoxy) is 1. The van der Waals surface area contributed by atoms with E-state index in [0.717, 1.165) is 12.8 Å². The van der Waals surface area contributed by atoms with Crippen molar-refractivity contribution in [1.82, 2.24) is 9.21 Å². The number of fused-ring (bicyclic) bond motifs is 1. The van der Waals surface area contributed by atoms with E-state index in [1.807, 2.05) is 32.0 Å². The molecule has 2 aromatic rings. The molecule has 2 aromatic carbocycles. The van der Waals surface area contributed by atoms with E-state index in [9.17, 15) is 18.3 Å². The van der Waals surface area contributed by atoms with Crippen molar-refractivity contribution in [3.05, 3.63) is 59.7 Å². The summed E-state index contributed by atoms with van der Waals surface area (Å²) in [5.74, 6) is 5.95. The zero-order valence-corrected chi connectivity index (χ0v) is 21.6. The molecule has 188 valence electrons. The van der Waals surface area contributed by atoms with Crippen molar-refractivity contribution < 1.29 is 23.1 Å². The molecule has 0 radical (unpaired) electrons. The molecule has 1 aliphatic heterocycles. The molecule has 8 heteroatoms. The number of sulfonamides is 1. The molecule has 0 saturated heterocycles. The van der Waals surface area contributed by atoms with E-state index >= 15 is 0 Å². The van der Waals surface area contributed by atoms with Crippen molar-refractivity contribution in [2.24, 2.45) is 5.92 Å². The third-order valence-electron chi connectivity index (χ3n) is 6.10. The van der Waals surface area contributed by atoms with E-state index < -0.39 is 22.2 Å². The Morgan fingerprint density at radius 3 is 2.63 bits per heavy atom. The van der Waals surface area contributed by atoms with Gasteiger partial charge in [0.2, 0.25) is 10.0 Å². The molecule has 0 fully saturated rings. The van der Waals surface area contributed by atoms with Gasteiger partial charge in [0.1, 0.15) is 16.7 Å². The molecule has 1 aliphatic rings. The van der Waals surface area contributed by atoms with E-state index in [2.05, 4.69) is 11.8 Å². The fourth-order valence-corrected chi connectivity index (χ4v) is 5.79. The number of unbranched alkanes of at least 4 members (excludes halogenated alkanes) is 1. The number of likely N-dealkylation sites (N-methyl/N-ethyl adjacent to an activating group) is 1. The molecule has 35 heavy (non-hydrogen) atoms. The number of carbonyl (C=O) groups is 1. The standard InChI is InChI=1S/C27H34N2O5S/c1-5-6-8-11-22-14-15-26-24(16-22)34-25(18-28(4)27(31)23-12-9-7-10-13-23)20(2)17-29(21(3)19-30)35(26,32)33/h7,9-10,12-16,20-21,25,30H,5-6,17-19H2,1-4H3/t20-,21+,25-/m1/s1. The Balaban J connectivity index is 2.01. The predicted octanol–water partition coefficient (Wildman–Crippen LogP) is 3.38. The van der Waals surface area contributed by atoms with E-state index in [-0.39, 0.29) is 42.2 Å². The first-order chi connectivity index (χ1) is 16.7. The Kier molecular flexibility index (Phi) is 8.95. The van der Waals surface area contributed by atoms with Crippen molar-refractivity contribution in [1.29, 1.82) is 0 Å². The summed E-state index contributed by atoms with van der Waals surface area (Å²) in [6.45, 7) is 5.73. The van der Waals surface area contributed by atoms with Crippen molar-refractivity contribution in [3.8, 4) is 17.6 Å². The highest BCUT2D eigenvalue weighted by Crippen LogP contribution is 2.34. The molecule has 0 spiro atoms. The van der Waals surface area contributed by atoms with Gasteiger partial charge < -0.3 is 14.7 Å². The average Bonchev–Trinajstić information content (AvgIpc) is 2.85. The number of nitrogens with zero attached hydrogens (tertiary/aromatic N) is 2. The topological polar surface area (TPSA) is 87.2 Å². The Morgan fingerprint density at radius 1 is 1.26 bits per heavy atom. The van der Waals surface area contributed by atoms with Crippen molar-refractivity contribution in [3.63, 3.8) is 0 Å². The fourth-order valence-electron chi connectivity index (χ4n) is 3.96. The molecule has 0 bridgehead atoms. The van der Waals surface area contributed by atoms with Crippen LogP contribution in [0.2, 0.25) is 0 Å². The summed E-state index contributed by atoms with van der Waals surface area (Å²) in [5, 5.41) is 9.78. The van der Waals surface area contributed by atoms with Crippen LogP contribution in [-0.4, -0.2) is 67.5 Å². The Hall–Kier alpha value is -2.86. The normalized spacial score (nSPS) is 20.3. The molecule has 0 aromatic heterocycles. The van der Waals surface area contributed by atoms with E-state index in [0.29, 0.717) is 11.1 Å². The molecule has 0 saturated carbocycles. The first-order valence-electron chi connectivity index (χ1n) is 11.9. The van der Waals surface area contributed by atoms with Gasteiger partial charge in [-0.05, 0) is 43.7 Å². The highest BCUT2D eigenvalue weighted by atomic mass is 32.2. The van der Waals surface area contributed by atoms with Gasteiger partial charge in [-0.3, -0.25) is 4.79 Å². The maximum atomic E-state index is 13.6. The monoisotopic (exact) mass is 498 g/mol. The summed E-state index contributed by atoms with van der Waals surface area (Å²) in [7, 11) is -2.21. The molecule has 3 atom stereocenters. The highest BCUT2D eigenvalue weighted by Gasteiger charge is 2.38. The molecule has 1 amide bonds. The van der Waals surface area contributed by atoms with Crippen molar-refractivity contribution in [2.75, 3.05) is 26.7 Å². The van der Waals surface area contributed by atoms with E-state index in [4.69, 9.17) is 4.74 Å². The van der Waals surface area contributed by atoms with Gasteiger partial charge in [0.05, 0.1) is 13.2 Å². The maximum absolute atomic E-state index is 13.6. The molecule has 7 nitrogen and oxygen atoms in total. The van der Waals surface area contributed by atoms with Gasteiger partial charge in [0.25, 0.3) is 5.91 Å². The predicted molar refractivity (Wildman–Crippen MR) is 136 cm³/mol. The van der Waals surface area contributed by atoms with Crippen LogP contribution in [0.25, 0.3) is 0 Å². The SMILES string of the molecule is CCCC#Cc1ccc2c(c1)O[C@H](CN(C)C(=O)c1ccccc1)[C@H](C)CN([C@@H](C)CO)S2(=O)=O. The average molecular weight is 499 g/mol. The Bertz CT molecular complexity index is 1190. The molecule has 3 rings (SSSR count). The summed E-state index contributed by atoms with van der Waals surface area (Å²) in [6.07, 6.45) is 1.19. The van der Waals surface area contributed by atoms with Gasteiger partial charge in [-0.15, -0.1) is 0 Å². The van der Waals surface area contributed by atoms with E-state index in [1.54, 1.807) is 43.1 Å². The van der Waals surface area contributed by atoms with Crippen LogP contribution < -0.4 is 4.74 Å². The minimum absolute atomic E-state index is 0.0350. The highest BCUT2D eigenvalue weighted by molar-refractivity contribution is 7.89. The first-order valence-corrected chi connectivity index (χ1v) is 13.4. The molecular weight excluding hydrogens is 464 g/mol. The number of rotatable bonds is 6. The second-order valence-electron chi connectivity index (χ2n) is 9.00. The number of hydrogen-bond acceptors (Lipinski definition) is 5. The number of aliphatic hydroxyl groups excluding tert-OH is 1. The van der Waals surface area contributed by atoms with E-state index in [1.165, 1.54) is 10.4 Å². The lowest BCUT2D eigenvalue weighted by molar-refractivity contribution is 0.0563. The number of benzene rings is 2. The van der Waals surface area contributed by atoms with Gasteiger partial charge in [-0.25, -0.2) is 8.42 Å². The largest absolute Gasteiger partial charge is 0.487 e. The minimum atomic E-state index is -3.92. The molecular formula is C27H34N2O5S. The third kappa shape index (κ3) is 6.23. The molecule has 1 N–H and O–H groups in total. The van der Waals surface area contributed by atoms with Crippen LogP contribution in [0.15, 0.2) is 53.4 Å². The van der Waals surface area contributed by atoms with Gasteiger partial charge >= 0.3 is 0 Å². The summed E-state index contributed by atoms with van der Waals surface area (Å²) in [6, 6.07) is 13.2. The minimum Gasteiger partial charge on any atom is -0.487 e. The second kappa shape index (κ2) is 11.7. The van der Waals surface area contributed by atoms with Gasteiger partial charge in [-0.2, -0.15) is 4.31 Å². The lowest BCUT2D eigenvalue weighted by Gasteiger charge is -2.37. The summed E-state index contributed by atoms with van der Waals surface area (Å²) in [5.41, 5.74) is 1.23. The second-order valence-corrected chi connectivity index (χ2v) is 10.9. The lowest BCUT2D eigenvalue weighted by Crippen LogP contribution is -2.50. The summed E-state index contributed by atoms with van der Waals surface area (Å²) < 4.78 is 34.7. The summed E-state index contributed by atoms with van der Waals surface area (Å²) in [4.78, 5) is 14.6. The number of aliphatic hydroxyl groups is 1.